The van der Waals surface area contributed by atoms with Crippen LogP contribution < -0.4 is 26.0 Å². The van der Waals surface area contributed by atoms with Crippen LogP contribution in [0.15, 0.2) is 22.0 Å². The van der Waals surface area contributed by atoms with Crippen LogP contribution in [0.2, 0.25) is 0 Å². The van der Waals surface area contributed by atoms with Crippen LogP contribution in [0.5, 0.6) is 0 Å². The molecule has 0 fully saturated rings. The van der Waals surface area contributed by atoms with E-state index in [1.165, 1.54) is 6.20 Å². The highest BCUT2D eigenvalue weighted by atomic mass is 32.2. The van der Waals surface area contributed by atoms with Gasteiger partial charge in [0.1, 0.15) is 0 Å². The average Bonchev–Trinajstić information content (AvgIpc) is 2.44. The predicted molar refractivity (Wildman–Crippen MR) is 88.9 cm³/mol. The Hall–Kier alpha value is -1.88. The number of rotatable bonds is 6. The van der Waals surface area contributed by atoms with E-state index in [9.17, 15) is 9.59 Å². The number of nitrogens with one attached hydrogen (secondary N) is 4. The molecule has 6 N–H and O–H groups in total. The Morgan fingerprint density at radius 1 is 0.952 bits per heavy atom. The lowest BCUT2D eigenvalue weighted by Crippen LogP contribution is -2.29. The Labute approximate surface area is 131 Å². The van der Waals surface area contributed by atoms with Gasteiger partial charge >= 0.3 is 12.1 Å². The summed E-state index contributed by atoms with van der Waals surface area (Å²) >= 11 is 2.29. The minimum Gasteiger partial charge on any atom is -0.404 e. The molecule has 0 radical (unpaired) electrons. The number of carbonyl (C=O) groups excluding carboxylic acids is 2. The number of hydrogen-bond acceptors (Lipinski definition) is 7. The second-order valence-corrected chi connectivity index (χ2v) is 4.69. The third-order valence-corrected chi connectivity index (χ3v) is 2.77. The zero-order chi connectivity index (χ0) is 16.3. The minimum absolute atomic E-state index is 0.446. The number of carbonyl (C=O) groups is 2. The Morgan fingerprint density at radius 2 is 1.33 bits per heavy atom. The molecule has 0 aromatic heterocycles. The van der Waals surface area contributed by atoms with E-state index in [4.69, 9.17) is 5.73 Å². The molecule has 0 heterocycles. The third kappa shape index (κ3) is 8.09. The van der Waals surface area contributed by atoms with E-state index < -0.39 is 12.1 Å². The van der Waals surface area contributed by atoms with Gasteiger partial charge in [-0.3, -0.25) is 9.44 Å². The second kappa shape index (κ2) is 10.9. The first-order valence-electron chi connectivity index (χ1n) is 5.65. The largest absolute Gasteiger partial charge is 0.404 e. The Bertz CT molecular complexity index is 424. The van der Waals surface area contributed by atoms with Gasteiger partial charge in [-0.05, 0) is 13.8 Å². The van der Waals surface area contributed by atoms with Gasteiger partial charge in [-0.15, -0.1) is 0 Å². The second-order valence-electron chi connectivity index (χ2n) is 3.47. The molecule has 0 saturated heterocycles. The number of amides is 4. The van der Waals surface area contributed by atoms with Gasteiger partial charge in [-0.25, -0.2) is 20.4 Å². The predicted octanol–water partition coefficient (Wildman–Crippen LogP) is 0.735. The van der Waals surface area contributed by atoms with E-state index in [1.54, 1.807) is 26.4 Å². The fourth-order valence-electron chi connectivity index (χ4n) is 1.12. The van der Waals surface area contributed by atoms with Crippen LogP contribution in [0.4, 0.5) is 9.59 Å². The molecule has 118 valence electrons. The standard InChI is InChI=1S/C10H19N7O2S2/c1-6(12-14-9(18)16-20-3)8(5-11)7(2)13-15-10(19)17-21-4/h5H,11H2,1-4H3,(H2,14,16,18)(H2,15,17,19)/b12-6+,13-7+. The van der Waals surface area contributed by atoms with Crippen LogP contribution in [0.25, 0.3) is 0 Å². The molecule has 9 nitrogen and oxygen atoms in total. The maximum absolute atomic E-state index is 11.2. The minimum atomic E-state index is -0.453. The molecule has 11 heteroatoms. The van der Waals surface area contributed by atoms with Gasteiger partial charge in [0.2, 0.25) is 0 Å². The number of nitrogens with two attached hydrogens (primary N) is 1. The van der Waals surface area contributed by atoms with Crippen LogP contribution in [0, 0.1) is 0 Å². The highest BCUT2D eigenvalue weighted by Crippen LogP contribution is 2.00. The summed E-state index contributed by atoms with van der Waals surface area (Å²) < 4.78 is 4.90. The van der Waals surface area contributed by atoms with Gasteiger partial charge in [-0.2, -0.15) is 10.2 Å². The average molecular weight is 333 g/mol. The maximum atomic E-state index is 11.2. The topological polar surface area (TPSA) is 133 Å². The Morgan fingerprint density at radius 3 is 1.62 bits per heavy atom. The molecule has 0 unspecified atom stereocenters. The fourth-order valence-corrected chi connectivity index (χ4v) is 1.59. The van der Waals surface area contributed by atoms with Gasteiger partial charge in [0.15, 0.2) is 0 Å². The molecule has 0 atom stereocenters. The van der Waals surface area contributed by atoms with Crippen molar-refractivity contribution in [1.29, 1.82) is 0 Å². The molecule has 21 heavy (non-hydrogen) atoms. The van der Waals surface area contributed by atoms with Crippen molar-refractivity contribution < 1.29 is 9.59 Å². The summed E-state index contributed by atoms with van der Waals surface area (Å²) in [5.74, 6) is 0. The van der Waals surface area contributed by atoms with Crippen molar-refractivity contribution in [1.82, 2.24) is 20.3 Å². The zero-order valence-corrected chi connectivity index (χ0v) is 13.8. The Kier molecular flexibility index (Phi) is 9.88. The first-order chi connectivity index (χ1) is 9.96. The van der Waals surface area contributed by atoms with E-state index in [2.05, 4.69) is 30.5 Å². The van der Waals surface area contributed by atoms with Crippen molar-refractivity contribution in [2.24, 2.45) is 15.9 Å². The smallest absolute Gasteiger partial charge is 0.345 e. The molecular weight excluding hydrogens is 314 g/mol. The lowest BCUT2D eigenvalue weighted by atomic mass is 10.1. The number of allylic oxidation sites excluding steroid dienone is 1. The van der Waals surface area contributed by atoms with Crippen molar-refractivity contribution in [2.75, 3.05) is 12.5 Å². The summed E-state index contributed by atoms with van der Waals surface area (Å²) in [7, 11) is 0. The monoisotopic (exact) mass is 333 g/mol. The zero-order valence-electron chi connectivity index (χ0n) is 12.2. The number of urea groups is 2. The molecule has 0 aliphatic rings. The first kappa shape index (κ1) is 19.1. The summed E-state index contributed by atoms with van der Waals surface area (Å²) in [6, 6.07) is -0.907. The lowest BCUT2D eigenvalue weighted by Gasteiger charge is -2.07. The molecule has 0 aromatic carbocycles. The summed E-state index contributed by atoms with van der Waals surface area (Å²) in [5.41, 5.74) is 11.5. The fraction of sp³-hybridized carbons (Fsp3) is 0.400. The molecule has 0 spiro atoms. The van der Waals surface area contributed by atoms with E-state index in [0.717, 1.165) is 23.9 Å². The van der Waals surface area contributed by atoms with Gasteiger partial charge < -0.3 is 5.73 Å². The van der Waals surface area contributed by atoms with Crippen molar-refractivity contribution in [3.8, 4) is 0 Å². The van der Waals surface area contributed by atoms with E-state index in [0.29, 0.717) is 17.0 Å². The SMILES string of the molecule is CSNC(=O)N/N=C(\C)C(=CN)/C(C)=N/NC(=O)NSC. The molecule has 0 aliphatic heterocycles. The van der Waals surface area contributed by atoms with E-state index >= 15 is 0 Å². The van der Waals surface area contributed by atoms with Crippen LogP contribution >= 0.6 is 23.9 Å². The van der Waals surface area contributed by atoms with Gasteiger partial charge in [0.05, 0.1) is 11.4 Å². The van der Waals surface area contributed by atoms with Crippen LogP contribution in [0.1, 0.15) is 13.8 Å². The number of hydrazone groups is 2. The van der Waals surface area contributed by atoms with Crippen molar-refractivity contribution >= 4 is 47.4 Å². The van der Waals surface area contributed by atoms with E-state index in [1.807, 2.05) is 0 Å². The summed E-state index contributed by atoms with van der Waals surface area (Å²) in [4.78, 5) is 22.4. The highest BCUT2D eigenvalue weighted by molar-refractivity contribution is 7.97. The molecule has 0 rings (SSSR count). The number of nitrogens with zero attached hydrogens (tertiary/aromatic N) is 2. The van der Waals surface area contributed by atoms with E-state index in [-0.39, 0.29) is 0 Å². The third-order valence-electron chi connectivity index (χ3n) is 1.99. The van der Waals surface area contributed by atoms with Crippen LogP contribution in [-0.2, 0) is 0 Å². The maximum Gasteiger partial charge on any atom is 0.345 e. The van der Waals surface area contributed by atoms with Gasteiger partial charge in [-0.1, -0.05) is 23.9 Å². The molecule has 0 bridgehead atoms. The van der Waals surface area contributed by atoms with Gasteiger partial charge in [0.25, 0.3) is 0 Å². The molecule has 4 amide bonds. The molecule has 0 saturated carbocycles. The lowest BCUT2D eigenvalue weighted by molar-refractivity contribution is 0.246. The normalized spacial score (nSPS) is 11.4. The van der Waals surface area contributed by atoms with Crippen LogP contribution in [-0.4, -0.2) is 36.0 Å². The van der Waals surface area contributed by atoms with Crippen molar-refractivity contribution in [3.63, 3.8) is 0 Å². The molecule has 0 aliphatic carbocycles. The molecule has 0 aromatic rings. The highest BCUT2D eigenvalue weighted by Gasteiger charge is 2.07. The quantitative estimate of drug-likeness (QED) is 0.278. The Balaban J connectivity index is 4.75. The summed E-state index contributed by atoms with van der Waals surface area (Å²) in [6.07, 6.45) is 4.72. The van der Waals surface area contributed by atoms with Crippen molar-refractivity contribution in [2.45, 2.75) is 13.8 Å². The van der Waals surface area contributed by atoms with Crippen molar-refractivity contribution in [3.05, 3.63) is 11.8 Å². The summed E-state index contributed by atoms with van der Waals surface area (Å²) in [6.45, 7) is 3.30. The number of hydrogen-bond donors (Lipinski definition) is 5. The van der Waals surface area contributed by atoms with Gasteiger partial charge in [0, 0.05) is 24.3 Å². The summed E-state index contributed by atoms with van der Waals surface area (Å²) in [5, 5.41) is 7.76. The molecular formula is C10H19N7O2S2. The van der Waals surface area contributed by atoms with Crippen LogP contribution in [0.3, 0.4) is 0 Å². The first-order valence-corrected chi connectivity index (χ1v) is 8.10.